The number of hydrogen-bond donors (Lipinski definition) is 0. The molecule has 4 nitrogen and oxygen atoms in total. The minimum atomic E-state index is -1.15. The monoisotopic (exact) mass is 183 g/mol. The first kappa shape index (κ1) is 9.96. The third kappa shape index (κ3) is 1.39. The lowest BCUT2D eigenvalue weighted by Crippen LogP contribution is -2.51. The Morgan fingerprint density at radius 2 is 2.46 bits per heavy atom. The summed E-state index contributed by atoms with van der Waals surface area (Å²) in [6.07, 6.45) is 0.131. The van der Waals surface area contributed by atoms with Crippen LogP contribution in [0.1, 0.15) is 20.3 Å². The molecule has 0 bridgehead atoms. The maximum atomic E-state index is 10.9. The summed E-state index contributed by atoms with van der Waals surface area (Å²) in [6, 6.07) is 0. The SMILES string of the molecule is C=C=C1CCO[C@H](C)[C@@]1(C)[N+](=O)[O-]. The molecule has 0 aromatic rings. The molecule has 13 heavy (non-hydrogen) atoms. The molecule has 0 N–H and O–H groups in total. The highest BCUT2D eigenvalue weighted by Crippen LogP contribution is 2.32. The van der Waals surface area contributed by atoms with Crippen LogP contribution in [0.2, 0.25) is 0 Å². The molecular weight excluding hydrogens is 170 g/mol. The molecule has 0 radical (unpaired) electrons. The standard InChI is InChI=1S/C9H13NO3/c1-4-8-5-6-13-7(2)9(8,3)10(11)12/h7H,1,5-6H2,2-3H3/t7-,9-/m1/s1. The summed E-state index contributed by atoms with van der Waals surface area (Å²) in [4.78, 5) is 10.6. The van der Waals surface area contributed by atoms with Gasteiger partial charge in [0.1, 0.15) is 6.10 Å². The van der Waals surface area contributed by atoms with Gasteiger partial charge in [-0.1, -0.05) is 6.58 Å². The predicted octanol–water partition coefficient (Wildman–Crippen LogP) is 1.54. The molecule has 0 unspecified atom stereocenters. The van der Waals surface area contributed by atoms with Crippen LogP contribution in [-0.4, -0.2) is 23.2 Å². The van der Waals surface area contributed by atoms with Crippen LogP contribution in [0.25, 0.3) is 0 Å². The first-order valence-electron chi connectivity index (χ1n) is 4.19. The van der Waals surface area contributed by atoms with Crippen LogP contribution in [0.5, 0.6) is 0 Å². The topological polar surface area (TPSA) is 52.4 Å². The summed E-state index contributed by atoms with van der Waals surface area (Å²) in [6.45, 7) is 7.26. The van der Waals surface area contributed by atoms with E-state index in [1.165, 1.54) is 0 Å². The van der Waals surface area contributed by atoms with Crippen molar-refractivity contribution in [3.05, 3.63) is 28.0 Å². The Labute approximate surface area is 77.0 Å². The molecule has 0 aromatic carbocycles. The molecule has 0 aliphatic carbocycles. The normalized spacial score (nSPS) is 34.0. The van der Waals surface area contributed by atoms with E-state index in [4.69, 9.17) is 4.74 Å². The van der Waals surface area contributed by atoms with Gasteiger partial charge in [0.25, 0.3) is 5.54 Å². The third-order valence-electron chi connectivity index (χ3n) is 2.72. The highest BCUT2D eigenvalue weighted by Gasteiger charge is 2.50. The van der Waals surface area contributed by atoms with E-state index < -0.39 is 11.6 Å². The Bertz CT molecular complexity index is 281. The van der Waals surface area contributed by atoms with E-state index in [9.17, 15) is 10.1 Å². The second kappa shape index (κ2) is 3.32. The molecular formula is C9H13NO3. The second-order valence-electron chi connectivity index (χ2n) is 3.32. The lowest BCUT2D eigenvalue weighted by molar-refractivity contribution is -0.569. The maximum Gasteiger partial charge on any atom is 0.273 e. The van der Waals surface area contributed by atoms with E-state index in [2.05, 4.69) is 12.3 Å². The zero-order valence-electron chi connectivity index (χ0n) is 7.87. The number of nitro groups is 1. The Morgan fingerprint density at radius 3 is 2.85 bits per heavy atom. The minimum absolute atomic E-state index is 0.315. The second-order valence-corrected chi connectivity index (χ2v) is 3.32. The van der Waals surface area contributed by atoms with Crippen LogP contribution in [0.4, 0.5) is 0 Å². The van der Waals surface area contributed by atoms with Gasteiger partial charge in [0, 0.05) is 18.3 Å². The smallest absolute Gasteiger partial charge is 0.273 e. The van der Waals surface area contributed by atoms with Gasteiger partial charge in [0.05, 0.1) is 12.2 Å². The van der Waals surface area contributed by atoms with E-state index in [1.807, 2.05) is 0 Å². The van der Waals surface area contributed by atoms with Crippen LogP contribution in [0, 0.1) is 10.1 Å². The molecule has 1 rings (SSSR count). The number of rotatable bonds is 1. The summed E-state index contributed by atoms with van der Waals surface area (Å²) in [7, 11) is 0. The highest BCUT2D eigenvalue weighted by molar-refractivity contribution is 5.18. The lowest BCUT2D eigenvalue weighted by atomic mass is 9.84. The Hall–Kier alpha value is -1.12. The molecule has 0 amide bonds. The van der Waals surface area contributed by atoms with E-state index in [1.54, 1.807) is 13.8 Å². The fourth-order valence-electron chi connectivity index (χ4n) is 1.52. The van der Waals surface area contributed by atoms with Crippen molar-refractivity contribution < 1.29 is 9.66 Å². The Morgan fingerprint density at radius 1 is 1.85 bits per heavy atom. The highest BCUT2D eigenvalue weighted by atomic mass is 16.6. The molecule has 1 heterocycles. The average molecular weight is 183 g/mol. The number of hydrogen-bond acceptors (Lipinski definition) is 3. The van der Waals surface area contributed by atoms with Crippen molar-refractivity contribution in [2.45, 2.75) is 31.9 Å². The minimum Gasteiger partial charge on any atom is -0.370 e. The van der Waals surface area contributed by atoms with Gasteiger partial charge in [0.2, 0.25) is 0 Å². The van der Waals surface area contributed by atoms with E-state index >= 15 is 0 Å². The molecule has 0 spiro atoms. The molecule has 0 saturated carbocycles. The lowest BCUT2D eigenvalue weighted by Gasteiger charge is -2.32. The summed E-state index contributed by atoms with van der Waals surface area (Å²) >= 11 is 0. The van der Waals surface area contributed by atoms with E-state index in [0.29, 0.717) is 18.6 Å². The van der Waals surface area contributed by atoms with Crippen LogP contribution in [0.3, 0.4) is 0 Å². The van der Waals surface area contributed by atoms with Crippen LogP contribution < -0.4 is 0 Å². The molecule has 1 fully saturated rings. The zero-order valence-corrected chi connectivity index (χ0v) is 7.87. The Kier molecular flexibility index (Phi) is 2.55. The van der Waals surface area contributed by atoms with Crippen molar-refractivity contribution in [1.82, 2.24) is 0 Å². The van der Waals surface area contributed by atoms with Crippen molar-refractivity contribution >= 4 is 0 Å². The van der Waals surface area contributed by atoms with Crippen LogP contribution >= 0.6 is 0 Å². The maximum absolute atomic E-state index is 10.9. The molecule has 1 aliphatic rings. The van der Waals surface area contributed by atoms with Gasteiger partial charge in [-0.2, -0.15) is 0 Å². The molecule has 1 aliphatic heterocycles. The summed E-state index contributed by atoms with van der Waals surface area (Å²) in [5.74, 6) is 0. The van der Waals surface area contributed by atoms with Crippen molar-refractivity contribution in [2.24, 2.45) is 0 Å². The third-order valence-corrected chi connectivity index (χ3v) is 2.72. The predicted molar refractivity (Wildman–Crippen MR) is 48.1 cm³/mol. The largest absolute Gasteiger partial charge is 0.370 e. The summed E-state index contributed by atoms with van der Waals surface area (Å²) in [5, 5.41) is 10.9. The number of nitrogens with zero attached hydrogens (tertiary/aromatic N) is 1. The first-order chi connectivity index (χ1) is 6.03. The average Bonchev–Trinajstić information content (AvgIpc) is 2.09. The zero-order chi connectivity index (χ0) is 10.1. The van der Waals surface area contributed by atoms with Gasteiger partial charge >= 0.3 is 0 Å². The summed E-state index contributed by atoms with van der Waals surface area (Å²) in [5.41, 5.74) is 2.13. The van der Waals surface area contributed by atoms with Crippen LogP contribution in [-0.2, 0) is 4.74 Å². The molecule has 1 saturated heterocycles. The van der Waals surface area contributed by atoms with Crippen molar-refractivity contribution in [1.29, 1.82) is 0 Å². The van der Waals surface area contributed by atoms with Crippen molar-refractivity contribution in [2.75, 3.05) is 6.61 Å². The summed E-state index contributed by atoms with van der Waals surface area (Å²) < 4.78 is 5.26. The van der Waals surface area contributed by atoms with E-state index in [-0.39, 0.29) is 4.92 Å². The molecule has 2 atom stereocenters. The Balaban J connectivity index is 3.12. The van der Waals surface area contributed by atoms with Gasteiger partial charge < -0.3 is 4.74 Å². The van der Waals surface area contributed by atoms with Gasteiger partial charge in [0.15, 0.2) is 0 Å². The molecule has 4 heteroatoms. The number of ether oxygens (including phenoxy) is 1. The van der Waals surface area contributed by atoms with Gasteiger partial charge in [-0.15, -0.1) is 5.73 Å². The quantitative estimate of drug-likeness (QED) is 0.352. The van der Waals surface area contributed by atoms with Gasteiger partial charge in [-0.3, -0.25) is 10.1 Å². The van der Waals surface area contributed by atoms with Gasteiger partial charge in [-0.05, 0) is 6.92 Å². The van der Waals surface area contributed by atoms with Gasteiger partial charge in [-0.25, -0.2) is 0 Å². The van der Waals surface area contributed by atoms with E-state index in [0.717, 1.165) is 0 Å². The molecule has 0 aromatic heterocycles. The fraction of sp³-hybridized carbons (Fsp3) is 0.667. The first-order valence-corrected chi connectivity index (χ1v) is 4.19. The van der Waals surface area contributed by atoms with Crippen LogP contribution in [0.15, 0.2) is 17.9 Å². The van der Waals surface area contributed by atoms with Crippen molar-refractivity contribution in [3.63, 3.8) is 0 Å². The molecule has 72 valence electrons. The van der Waals surface area contributed by atoms with Crippen molar-refractivity contribution in [3.8, 4) is 0 Å². The fourth-order valence-corrected chi connectivity index (χ4v) is 1.52.